The Bertz CT molecular complexity index is 1410. The van der Waals surface area contributed by atoms with Crippen LogP contribution < -0.4 is 9.62 Å². The Hall–Kier alpha value is -3.14. The highest BCUT2D eigenvalue weighted by Gasteiger charge is 2.33. The summed E-state index contributed by atoms with van der Waals surface area (Å²) >= 11 is 12.3. The molecule has 39 heavy (non-hydrogen) atoms. The number of anilines is 1. The molecule has 1 atom stereocenters. The molecule has 0 saturated heterocycles. The Morgan fingerprint density at radius 2 is 1.64 bits per heavy atom. The van der Waals surface area contributed by atoms with E-state index < -0.39 is 34.3 Å². The largest absolute Gasteiger partial charge is 0.354 e. The number of hydrogen-bond acceptors (Lipinski definition) is 4. The summed E-state index contributed by atoms with van der Waals surface area (Å²) in [7, 11) is -4.00. The molecule has 3 aromatic rings. The number of sulfonamides is 1. The van der Waals surface area contributed by atoms with Crippen LogP contribution in [0.5, 0.6) is 0 Å². The number of amides is 2. The van der Waals surface area contributed by atoms with Gasteiger partial charge < -0.3 is 10.2 Å². The highest BCUT2D eigenvalue weighted by atomic mass is 35.5. The number of nitrogens with zero attached hydrogens (tertiary/aromatic N) is 2. The van der Waals surface area contributed by atoms with Crippen molar-refractivity contribution in [1.82, 2.24) is 10.2 Å². The smallest absolute Gasteiger partial charge is 0.244 e. The molecule has 0 saturated carbocycles. The molecule has 11 heteroatoms. The van der Waals surface area contributed by atoms with E-state index in [2.05, 4.69) is 5.32 Å². The number of benzene rings is 3. The molecule has 0 bridgehead atoms. The third-order valence-corrected chi connectivity index (χ3v) is 7.79. The molecule has 0 heterocycles. The van der Waals surface area contributed by atoms with Crippen LogP contribution in [0.2, 0.25) is 10.0 Å². The maximum Gasteiger partial charge on any atom is 0.244 e. The number of hydrogen-bond donors (Lipinski definition) is 1. The van der Waals surface area contributed by atoms with Crippen molar-refractivity contribution in [3.63, 3.8) is 0 Å². The second kappa shape index (κ2) is 13.8. The lowest BCUT2D eigenvalue weighted by Crippen LogP contribution is -2.53. The van der Waals surface area contributed by atoms with Crippen molar-refractivity contribution in [3.05, 3.63) is 99.8 Å². The molecule has 0 radical (unpaired) electrons. The number of halogens is 3. The summed E-state index contributed by atoms with van der Waals surface area (Å²) in [6.45, 7) is 1.63. The quantitative estimate of drug-likeness (QED) is 0.318. The van der Waals surface area contributed by atoms with Gasteiger partial charge >= 0.3 is 0 Å². The van der Waals surface area contributed by atoms with E-state index in [0.717, 1.165) is 28.3 Å². The van der Waals surface area contributed by atoms with Gasteiger partial charge in [-0.2, -0.15) is 0 Å². The van der Waals surface area contributed by atoms with Crippen molar-refractivity contribution in [1.29, 1.82) is 0 Å². The van der Waals surface area contributed by atoms with Crippen LogP contribution in [0, 0.1) is 5.82 Å². The van der Waals surface area contributed by atoms with E-state index in [-0.39, 0.29) is 29.6 Å². The fourth-order valence-corrected chi connectivity index (χ4v) is 5.20. The van der Waals surface area contributed by atoms with Crippen LogP contribution in [-0.4, -0.2) is 50.5 Å². The normalized spacial score (nSPS) is 12.0. The van der Waals surface area contributed by atoms with E-state index in [4.69, 9.17) is 23.2 Å². The minimum Gasteiger partial charge on any atom is -0.354 e. The number of rotatable bonds is 12. The van der Waals surface area contributed by atoms with Gasteiger partial charge in [0.1, 0.15) is 18.4 Å². The first-order valence-electron chi connectivity index (χ1n) is 12.3. The van der Waals surface area contributed by atoms with Crippen molar-refractivity contribution in [2.45, 2.75) is 32.4 Å². The maximum absolute atomic E-state index is 13.9. The third-order valence-electron chi connectivity index (χ3n) is 5.99. The van der Waals surface area contributed by atoms with Crippen LogP contribution in [0.1, 0.15) is 24.5 Å². The van der Waals surface area contributed by atoms with Crippen molar-refractivity contribution >= 4 is 50.7 Å². The van der Waals surface area contributed by atoms with Gasteiger partial charge in [0.05, 0.1) is 17.0 Å². The topological polar surface area (TPSA) is 86.8 Å². The molecule has 0 aliphatic heterocycles. The standard InChI is InChI=1S/C28H30Cl2FN3O4S/c1-3-15-32-28(36)26(16-20-9-5-4-6-10-20)33(18-21-11-7-8-12-23(21)29)27(35)19-34(39(2,37)38)22-13-14-25(31)24(30)17-22/h4-14,17,26H,3,15-16,18-19H2,1-2H3,(H,32,36)/t26-/m1/s1. The molecule has 7 nitrogen and oxygen atoms in total. The van der Waals surface area contributed by atoms with E-state index in [0.29, 0.717) is 23.6 Å². The van der Waals surface area contributed by atoms with Crippen molar-refractivity contribution < 1.29 is 22.4 Å². The summed E-state index contributed by atoms with van der Waals surface area (Å²) in [4.78, 5) is 28.7. The van der Waals surface area contributed by atoms with Crippen LogP contribution in [0.15, 0.2) is 72.8 Å². The number of carbonyl (C=O) groups is 2. The van der Waals surface area contributed by atoms with E-state index >= 15 is 0 Å². The minimum absolute atomic E-state index is 0.0185. The third kappa shape index (κ3) is 8.42. The molecule has 0 aliphatic carbocycles. The molecule has 0 spiro atoms. The Morgan fingerprint density at radius 3 is 2.26 bits per heavy atom. The molecule has 0 unspecified atom stereocenters. The monoisotopic (exact) mass is 593 g/mol. The summed E-state index contributed by atoms with van der Waals surface area (Å²) in [6.07, 6.45) is 1.81. The van der Waals surface area contributed by atoms with Gasteiger partial charge in [-0.15, -0.1) is 0 Å². The van der Waals surface area contributed by atoms with Gasteiger partial charge in [-0.25, -0.2) is 12.8 Å². The second-order valence-corrected chi connectivity index (χ2v) is 11.7. The van der Waals surface area contributed by atoms with Crippen LogP contribution in [0.3, 0.4) is 0 Å². The first-order valence-corrected chi connectivity index (χ1v) is 14.9. The SMILES string of the molecule is CCCNC(=O)[C@@H](Cc1ccccc1)N(Cc1ccccc1Cl)C(=O)CN(c1ccc(F)c(Cl)c1)S(C)(=O)=O. The summed E-state index contributed by atoms with van der Waals surface area (Å²) in [5.74, 6) is -1.75. The summed E-state index contributed by atoms with van der Waals surface area (Å²) in [6, 6.07) is 18.5. The summed E-state index contributed by atoms with van der Waals surface area (Å²) in [5.41, 5.74) is 1.42. The Balaban J connectivity index is 2.06. The minimum atomic E-state index is -4.00. The lowest BCUT2D eigenvalue weighted by molar-refractivity contribution is -0.140. The lowest BCUT2D eigenvalue weighted by atomic mass is 10.0. The lowest BCUT2D eigenvalue weighted by Gasteiger charge is -2.33. The van der Waals surface area contributed by atoms with E-state index in [9.17, 15) is 22.4 Å². The molecular weight excluding hydrogens is 564 g/mol. The Morgan fingerprint density at radius 1 is 0.974 bits per heavy atom. The van der Waals surface area contributed by atoms with Crippen LogP contribution in [0.25, 0.3) is 0 Å². The zero-order valence-corrected chi connectivity index (χ0v) is 23.9. The van der Waals surface area contributed by atoms with Crippen molar-refractivity contribution in [2.24, 2.45) is 0 Å². The highest BCUT2D eigenvalue weighted by molar-refractivity contribution is 7.92. The van der Waals surface area contributed by atoms with Crippen molar-refractivity contribution in [2.75, 3.05) is 23.7 Å². The molecule has 2 amide bonds. The van der Waals surface area contributed by atoms with Gasteiger partial charge in [0, 0.05) is 24.5 Å². The zero-order chi connectivity index (χ0) is 28.6. The predicted octanol–water partition coefficient (Wildman–Crippen LogP) is 5.06. The second-order valence-electron chi connectivity index (χ2n) is 8.98. The van der Waals surface area contributed by atoms with Gasteiger partial charge in [0.2, 0.25) is 21.8 Å². The average molecular weight is 595 g/mol. The summed E-state index contributed by atoms with van der Waals surface area (Å²) < 4.78 is 40.1. The van der Waals surface area contributed by atoms with Crippen LogP contribution in [-0.2, 0) is 32.6 Å². The fraction of sp³-hybridized carbons (Fsp3) is 0.286. The molecule has 3 aromatic carbocycles. The fourth-order valence-electron chi connectivity index (χ4n) is 3.98. The maximum atomic E-state index is 13.9. The van der Waals surface area contributed by atoms with Crippen LogP contribution >= 0.6 is 23.2 Å². The highest BCUT2D eigenvalue weighted by Crippen LogP contribution is 2.26. The van der Waals surface area contributed by atoms with Gasteiger partial charge in [0.25, 0.3) is 0 Å². The van der Waals surface area contributed by atoms with Crippen LogP contribution in [0.4, 0.5) is 10.1 Å². The molecular formula is C28H30Cl2FN3O4S. The first kappa shape index (κ1) is 30.4. The number of carbonyl (C=O) groups excluding carboxylic acids is 2. The molecule has 0 fully saturated rings. The summed E-state index contributed by atoms with van der Waals surface area (Å²) in [5, 5.41) is 2.97. The van der Waals surface area contributed by atoms with Gasteiger partial charge in [-0.3, -0.25) is 13.9 Å². The zero-order valence-electron chi connectivity index (χ0n) is 21.6. The molecule has 1 N–H and O–H groups in total. The molecule has 3 rings (SSSR count). The van der Waals surface area contributed by atoms with Gasteiger partial charge in [0.15, 0.2) is 0 Å². The van der Waals surface area contributed by atoms with Crippen molar-refractivity contribution in [3.8, 4) is 0 Å². The van der Waals surface area contributed by atoms with E-state index in [1.807, 2.05) is 37.3 Å². The molecule has 0 aromatic heterocycles. The average Bonchev–Trinajstić information content (AvgIpc) is 2.90. The van der Waals surface area contributed by atoms with Gasteiger partial charge in [-0.05, 0) is 41.8 Å². The Labute approximate surface area is 238 Å². The number of nitrogens with one attached hydrogen (secondary N) is 1. The van der Waals surface area contributed by atoms with E-state index in [1.165, 1.54) is 11.0 Å². The van der Waals surface area contributed by atoms with E-state index in [1.54, 1.807) is 24.3 Å². The predicted molar refractivity (Wildman–Crippen MR) is 153 cm³/mol. The molecule has 208 valence electrons. The Kier molecular flexibility index (Phi) is 10.7. The molecule has 0 aliphatic rings. The first-order chi connectivity index (χ1) is 18.5. The van der Waals surface area contributed by atoms with Gasteiger partial charge in [-0.1, -0.05) is 78.7 Å².